The standard InChI is InChI=1S/C19H18F2N2O2/c20-12-7-8-14(16(21)10-12)18-22-17-6-2-1-5-15(17)19(24)23(18)11-13-4-3-9-25-13/h1-2,5-8,10,13,18,22H,3-4,9,11H2/t13-,18-/m0/s1. The number of nitrogens with one attached hydrogen (secondary N) is 1. The normalized spacial score (nSPS) is 22.6. The van der Waals surface area contributed by atoms with Crippen LogP contribution in [-0.2, 0) is 4.74 Å². The number of halogens is 2. The van der Waals surface area contributed by atoms with E-state index in [0.29, 0.717) is 24.4 Å². The van der Waals surface area contributed by atoms with Crippen LogP contribution < -0.4 is 5.32 Å². The number of fused-ring (bicyclic) bond motifs is 1. The van der Waals surface area contributed by atoms with E-state index < -0.39 is 17.8 Å². The van der Waals surface area contributed by atoms with Crippen molar-refractivity contribution in [2.75, 3.05) is 18.5 Å². The molecule has 25 heavy (non-hydrogen) atoms. The summed E-state index contributed by atoms with van der Waals surface area (Å²) in [6.07, 6.45) is 1.05. The third-order valence-corrected chi connectivity index (χ3v) is 4.70. The first kappa shape index (κ1) is 16.0. The SMILES string of the molecule is O=C1c2ccccc2N[C@H](c2ccc(F)cc2F)N1C[C@@H]1CCCO1. The molecule has 130 valence electrons. The molecule has 0 aromatic heterocycles. The first-order valence-corrected chi connectivity index (χ1v) is 8.36. The van der Waals surface area contributed by atoms with Crippen molar-refractivity contribution in [1.82, 2.24) is 4.90 Å². The summed E-state index contributed by atoms with van der Waals surface area (Å²) in [6.45, 7) is 1.04. The van der Waals surface area contributed by atoms with Crippen molar-refractivity contribution in [2.45, 2.75) is 25.1 Å². The maximum Gasteiger partial charge on any atom is 0.257 e. The highest BCUT2D eigenvalue weighted by atomic mass is 19.1. The van der Waals surface area contributed by atoms with Gasteiger partial charge < -0.3 is 15.0 Å². The van der Waals surface area contributed by atoms with Crippen LogP contribution in [0.5, 0.6) is 0 Å². The van der Waals surface area contributed by atoms with Gasteiger partial charge in [0.05, 0.1) is 11.7 Å². The van der Waals surface area contributed by atoms with Crippen LogP contribution in [0.25, 0.3) is 0 Å². The number of benzene rings is 2. The summed E-state index contributed by atoms with van der Waals surface area (Å²) in [5, 5.41) is 3.22. The van der Waals surface area contributed by atoms with Crippen molar-refractivity contribution in [3.05, 3.63) is 65.2 Å². The number of hydrogen-bond acceptors (Lipinski definition) is 3. The van der Waals surface area contributed by atoms with Crippen LogP contribution in [0.15, 0.2) is 42.5 Å². The molecule has 1 amide bonds. The molecule has 0 unspecified atom stereocenters. The number of hydrogen-bond donors (Lipinski definition) is 1. The number of carbonyl (C=O) groups excluding carboxylic acids is 1. The number of nitrogens with zero attached hydrogens (tertiary/aromatic N) is 1. The summed E-state index contributed by atoms with van der Waals surface area (Å²) in [5.74, 6) is -1.50. The fourth-order valence-corrected chi connectivity index (χ4v) is 3.46. The van der Waals surface area contributed by atoms with E-state index in [1.54, 1.807) is 23.1 Å². The molecule has 4 nitrogen and oxygen atoms in total. The van der Waals surface area contributed by atoms with Crippen molar-refractivity contribution >= 4 is 11.6 Å². The molecule has 4 rings (SSSR count). The second-order valence-corrected chi connectivity index (χ2v) is 6.35. The monoisotopic (exact) mass is 344 g/mol. The Hall–Kier alpha value is -2.47. The first-order chi connectivity index (χ1) is 12.1. The molecule has 0 spiro atoms. The van der Waals surface area contributed by atoms with Gasteiger partial charge in [0.25, 0.3) is 5.91 Å². The molecule has 2 heterocycles. The Morgan fingerprint density at radius 1 is 1.20 bits per heavy atom. The second-order valence-electron chi connectivity index (χ2n) is 6.35. The van der Waals surface area contributed by atoms with Gasteiger partial charge in [0.15, 0.2) is 0 Å². The first-order valence-electron chi connectivity index (χ1n) is 8.36. The molecule has 0 bridgehead atoms. The minimum atomic E-state index is -0.702. The fourth-order valence-electron chi connectivity index (χ4n) is 3.46. The lowest BCUT2D eigenvalue weighted by atomic mass is 10.0. The summed E-state index contributed by atoms with van der Waals surface area (Å²) >= 11 is 0. The predicted octanol–water partition coefficient (Wildman–Crippen LogP) is 3.71. The van der Waals surface area contributed by atoms with Crippen molar-refractivity contribution < 1.29 is 18.3 Å². The average Bonchev–Trinajstić information content (AvgIpc) is 3.11. The smallest absolute Gasteiger partial charge is 0.257 e. The molecule has 1 saturated heterocycles. The zero-order valence-electron chi connectivity index (χ0n) is 13.5. The van der Waals surface area contributed by atoms with Crippen molar-refractivity contribution in [3.63, 3.8) is 0 Å². The second kappa shape index (κ2) is 6.44. The van der Waals surface area contributed by atoms with Gasteiger partial charge >= 0.3 is 0 Å². The van der Waals surface area contributed by atoms with Crippen molar-refractivity contribution in [3.8, 4) is 0 Å². The molecule has 1 fully saturated rings. The van der Waals surface area contributed by atoms with Crippen LogP contribution in [0, 0.1) is 11.6 Å². The van der Waals surface area contributed by atoms with Crippen LogP contribution >= 0.6 is 0 Å². The Morgan fingerprint density at radius 3 is 2.80 bits per heavy atom. The van der Waals surface area contributed by atoms with Gasteiger partial charge in [-0.3, -0.25) is 4.79 Å². The van der Waals surface area contributed by atoms with Crippen LogP contribution in [0.2, 0.25) is 0 Å². The molecule has 2 atom stereocenters. The van der Waals surface area contributed by atoms with Crippen LogP contribution in [0.4, 0.5) is 14.5 Å². The number of para-hydroxylation sites is 1. The summed E-state index contributed by atoms with van der Waals surface area (Å²) in [5.41, 5.74) is 1.42. The molecular formula is C19H18F2N2O2. The molecule has 6 heteroatoms. The Morgan fingerprint density at radius 2 is 2.04 bits per heavy atom. The maximum absolute atomic E-state index is 14.4. The van der Waals surface area contributed by atoms with Gasteiger partial charge in [-0.1, -0.05) is 12.1 Å². The summed E-state index contributed by atoms with van der Waals surface area (Å²) in [6, 6.07) is 10.6. The maximum atomic E-state index is 14.4. The average molecular weight is 344 g/mol. The predicted molar refractivity (Wildman–Crippen MR) is 89.2 cm³/mol. The van der Waals surface area contributed by atoms with E-state index in [2.05, 4.69) is 5.32 Å². The number of carbonyl (C=O) groups is 1. The molecule has 2 aliphatic heterocycles. The lowest BCUT2D eigenvalue weighted by Gasteiger charge is -2.39. The van der Waals surface area contributed by atoms with Crippen molar-refractivity contribution in [1.29, 1.82) is 0 Å². The largest absolute Gasteiger partial charge is 0.376 e. The molecule has 0 radical (unpaired) electrons. The van der Waals surface area contributed by atoms with Crippen LogP contribution in [0.3, 0.4) is 0 Å². The summed E-state index contributed by atoms with van der Waals surface area (Å²) in [7, 11) is 0. The van der Waals surface area contributed by atoms with Crippen LogP contribution in [0.1, 0.15) is 34.9 Å². The highest BCUT2D eigenvalue weighted by Gasteiger charge is 2.36. The number of rotatable bonds is 3. The van der Waals surface area contributed by atoms with E-state index in [0.717, 1.165) is 18.9 Å². The molecule has 2 aromatic rings. The molecule has 2 aliphatic rings. The van der Waals surface area contributed by atoms with Gasteiger partial charge in [-0.25, -0.2) is 8.78 Å². The summed E-state index contributed by atoms with van der Waals surface area (Å²) < 4.78 is 33.3. The molecule has 0 aliphatic carbocycles. The third kappa shape index (κ3) is 2.98. The van der Waals surface area contributed by atoms with Crippen LogP contribution in [-0.4, -0.2) is 30.1 Å². The molecule has 0 saturated carbocycles. The molecule has 1 N–H and O–H groups in total. The zero-order chi connectivity index (χ0) is 17.4. The Labute approximate surface area is 144 Å². The van der Waals surface area contributed by atoms with Crippen molar-refractivity contribution in [2.24, 2.45) is 0 Å². The number of ether oxygens (including phenoxy) is 1. The topological polar surface area (TPSA) is 41.6 Å². The lowest BCUT2D eigenvalue weighted by molar-refractivity contribution is 0.0423. The Bertz CT molecular complexity index is 806. The van der Waals surface area contributed by atoms with Gasteiger partial charge in [0.2, 0.25) is 0 Å². The van der Waals surface area contributed by atoms with Gasteiger partial charge in [-0.05, 0) is 37.1 Å². The molecule has 2 aromatic carbocycles. The van der Waals surface area contributed by atoms with E-state index in [4.69, 9.17) is 4.74 Å². The number of anilines is 1. The van der Waals surface area contributed by atoms with Gasteiger partial charge in [-0.2, -0.15) is 0 Å². The highest BCUT2D eigenvalue weighted by molar-refractivity contribution is 6.01. The minimum Gasteiger partial charge on any atom is -0.376 e. The van der Waals surface area contributed by atoms with E-state index >= 15 is 0 Å². The molecular weight excluding hydrogens is 326 g/mol. The highest BCUT2D eigenvalue weighted by Crippen LogP contribution is 2.35. The Balaban J connectivity index is 1.74. The van der Waals surface area contributed by atoms with Gasteiger partial charge in [-0.15, -0.1) is 0 Å². The quantitative estimate of drug-likeness (QED) is 0.923. The van der Waals surface area contributed by atoms with E-state index in [1.165, 1.54) is 12.1 Å². The van der Waals surface area contributed by atoms with Gasteiger partial charge in [0, 0.05) is 30.5 Å². The minimum absolute atomic E-state index is 0.0676. The number of amides is 1. The van der Waals surface area contributed by atoms with E-state index in [1.807, 2.05) is 6.07 Å². The van der Waals surface area contributed by atoms with E-state index in [9.17, 15) is 13.6 Å². The third-order valence-electron chi connectivity index (χ3n) is 4.70. The lowest BCUT2D eigenvalue weighted by Crippen LogP contribution is -2.46. The van der Waals surface area contributed by atoms with Gasteiger partial charge in [0.1, 0.15) is 17.8 Å². The van der Waals surface area contributed by atoms with E-state index in [-0.39, 0.29) is 17.6 Å². The Kier molecular flexibility index (Phi) is 4.13. The fraction of sp³-hybridized carbons (Fsp3) is 0.316. The summed E-state index contributed by atoms with van der Waals surface area (Å²) in [4.78, 5) is 14.6. The zero-order valence-corrected chi connectivity index (χ0v) is 13.5.